The molecule has 0 amide bonds. The molecule has 4 aromatic carbocycles. The summed E-state index contributed by atoms with van der Waals surface area (Å²) in [5.41, 5.74) is 8.23. The number of allylic oxidation sites excluding steroid dienone is 2. The Labute approximate surface area is 244 Å². The van der Waals surface area contributed by atoms with Crippen LogP contribution in [-0.2, 0) is 6.61 Å². The fourth-order valence-electron chi connectivity index (χ4n) is 5.76. The zero-order valence-corrected chi connectivity index (χ0v) is 24.4. The second kappa shape index (κ2) is 11.7. The maximum absolute atomic E-state index is 6.13. The molecule has 0 unspecified atom stereocenters. The second-order valence-electron chi connectivity index (χ2n) is 10.5. The molecule has 0 radical (unpaired) electrons. The van der Waals surface area contributed by atoms with Crippen LogP contribution in [-0.4, -0.2) is 12.8 Å². The van der Waals surface area contributed by atoms with Crippen molar-refractivity contribution in [3.8, 4) is 11.5 Å². The van der Waals surface area contributed by atoms with Gasteiger partial charge in [-0.2, -0.15) is 0 Å². The zero-order chi connectivity index (χ0) is 27.5. The van der Waals surface area contributed by atoms with Crippen LogP contribution in [0.25, 0.3) is 0 Å². The van der Waals surface area contributed by atoms with Gasteiger partial charge < -0.3 is 14.8 Å². The number of aryl methyl sites for hydroxylation is 1. The van der Waals surface area contributed by atoms with E-state index in [4.69, 9.17) is 14.5 Å². The minimum Gasteiger partial charge on any atom is -0.490 e. The van der Waals surface area contributed by atoms with Crippen molar-refractivity contribution >= 4 is 33.5 Å². The van der Waals surface area contributed by atoms with Crippen molar-refractivity contribution in [2.75, 3.05) is 11.9 Å². The lowest BCUT2D eigenvalue weighted by Gasteiger charge is -2.37. The number of benzene rings is 4. The summed E-state index contributed by atoms with van der Waals surface area (Å²) in [6.45, 7) is 5.16. The molecule has 1 N–H and O–H groups in total. The van der Waals surface area contributed by atoms with E-state index in [0.717, 1.165) is 27.7 Å². The van der Waals surface area contributed by atoms with Crippen molar-refractivity contribution in [2.45, 2.75) is 38.8 Å². The van der Waals surface area contributed by atoms with Crippen LogP contribution in [0.3, 0.4) is 0 Å². The third-order valence-electron chi connectivity index (χ3n) is 7.69. The number of hydrogen-bond donors (Lipinski definition) is 1. The van der Waals surface area contributed by atoms with Gasteiger partial charge in [-0.25, -0.2) is 0 Å². The van der Waals surface area contributed by atoms with Gasteiger partial charge in [-0.1, -0.05) is 72.3 Å². The number of aliphatic imine (C=N–C) groups is 1. The molecular weight excluding hydrogens is 560 g/mol. The molecule has 1 aliphatic carbocycles. The molecular formula is C35H33BrN2O2. The number of rotatable bonds is 8. The molecule has 4 aromatic rings. The summed E-state index contributed by atoms with van der Waals surface area (Å²) < 4.78 is 12.9. The summed E-state index contributed by atoms with van der Waals surface area (Å²) in [7, 11) is 0. The maximum atomic E-state index is 6.13. The summed E-state index contributed by atoms with van der Waals surface area (Å²) in [5, 5.41) is 3.83. The van der Waals surface area contributed by atoms with Gasteiger partial charge >= 0.3 is 0 Å². The molecule has 0 bridgehead atoms. The Morgan fingerprint density at radius 3 is 2.60 bits per heavy atom. The van der Waals surface area contributed by atoms with Crippen LogP contribution in [0.2, 0.25) is 0 Å². The second-order valence-corrected chi connectivity index (χ2v) is 11.3. The number of nitrogens with one attached hydrogen (secondary N) is 1. The number of fused-ring (bicyclic) bond motifs is 3. The fourth-order valence-corrected chi connectivity index (χ4v) is 6.33. The van der Waals surface area contributed by atoms with E-state index >= 15 is 0 Å². The average molecular weight is 594 g/mol. The Balaban J connectivity index is 1.18. The minimum absolute atomic E-state index is 0.279. The molecule has 202 valence electrons. The van der Waals surface area contributed by atoms with Crippen LogP contribution in [0.4, 0.5) is 11.4 Å². The van der Waals surface area contributed by atoms with Crippen LogP contribution in [0.1, 0.15) is 53.1 Å². The lowest BCUT2D eigenvalue weighted by Crippen LogP contribution is -2.29. The summed E-state index contributed by atoms with van der Waals surface area (Å²) >= 11 is 3.68. The number of halogens is 1. The van der Waals surface area contributed by atoms with E-state index in [2.05, 4.69) is 82.8 Å². The van der Waals surface area contributed by atoms with Crippen LogP contribution in [0.5, 0.6) is 11.5 Å². The molecule has 0 spiro atoms. The molecule has 4 nitrogen and oxygen atoms in total. The molecule has 1 aliphatic heterocycles. The van der Waals surface area contributed by atoms with E-state index in [-0.39, 0.29) is 6.04 Å². The van der Waals surface area contributed by atoms with Gasteiger partial charge in [-0.05, 0) is 94.7 Å². The molecule has 1 heterocycles. The van der Waals surface area contributed by atoms with Crippen molar-refractivity contribution in [1.82, 2.24) is 0 Å². The van der Waals surface area contributed by atoms with E-state index in [1.54, 1.807) is 0 Å². The zero-order valence-electron chi connectivity index (χ0n) is 22.8. The Kier molecular flexibility index (Phi) is 7.74. The molecule has 2 aliphatic rings. The number of hydrogen-bond acceptors (Lipinski definition) is 4. The van der Waals surface area contributed by atoms with Crippen molar-refractivity contribution in [1.29, 1.82) is 0 Å². The first kappa shape index (κ1) is 26.4. The number of anilines is 1. The van der Waals surface area contributed by atoms with Crippen LogP contribution in [0, 0.1) is 12.8 Å². The highest BCUT2D eigenvalue weighted by atomic mass is 79.9. The lowest BCUT2D eigenvalue weighted by atomic mass is 9.76. The lowest BCUT2D eigenvalue weighted by molar-refractivity contribution is 0.267. The van der Waals surface area contributed by atoms with E-state index in [1.165, 1.54) is 22.4 Å². The van der Waals surface area contributed by atoms with Gasteiger partial charge in [0.25, 0.3) is 0 Å². The van der Waals surface area contributed by atoms with E-state index in [9.17, 15) is 0 Å². The summed E-state index contributed by atoms with van der Waals surface area (Å²) in [6.07, 6.45) is 7.70. The minimum atomic E-state index is 0.279. The van der Waals surface area contributed by atoms with E-state index in [1.807, 2.05) is 55.6 Å². The van der Waals surface area contributed by atoms with Gasteiger partial charge in [0.2, 0.25) is 0 Å². The first-order valence-corrected chi connectivity index (χ1v) is 14.7. The molecule has 0 aromatic heterocycles. The highest BCUT2D eigenvalue weighted by molar-refractivity contribution is 9.10. The number of nitrogens with zero attached hydrogens (tertiary/aromatic N) is 1. The molecule has 0 saturated carbocycles. The van der Waals surface area contributed by atoms with Gasteiger partial charge in [0.05, 0.1) is 22.8 Å². The first-order chi connectivity index (χ1) is 19.6. The molecule has 40 heavy (non-hydrogen) atoms. The molecule has 0 fully saturated rings. The Morgan fingerprint density at radius 2 is 1.80 bits per heavy atom. The van der Waals surface area contributed by atoms with Crippen molar-refractivity contribution < 1.29 is 9.47 Å². The standard InChI is InChI=1S/C35H33BrN2O2/c1-3-39-33-20-25(19-31(36)35(33)40-22-24-8-5-4-6-9-24)21-37-27-15-13-26(14-16-27)34-29-11-7-10-28(29)30-18-23(2)12-17-32(30)38-34/h4-10,12-21,28-29,34,38H,3,11,22H2,1-2H3/t28-,29-,34-/m0/s1. The topological polar surface area (TPSA) is 42.8 Å². The Bertz CT molecular complexity index is 1550. The predicted molar refractivity (Wildman–Crippen MR) is 167 cm³/mol. The fraction of sp³-hybridized carbons (Fsp3) is 0.229. The van der Waals surface area contributed by atoms with E-state index in [0.29, 0.717) is 36.5 Å². The van der Waals surface area contributed by atoms with Gasteiger partial charge in [-0.3, -0.25) is 4.99 Å². The monoisotopic (exact) mass is 592 g/mol. The van der Waals surface area contributed by atoms with E-state index < -0.39 is 0 Å². The number of ether oxygens (including phenoxy) is 2. The van der Waals surface area contributed by atoms with Crippen molar-refractivity contribution in [3.63, 3.8) is 0 Å². The third kappa shape index (κ3) is 5.57. The van der Waals surface area contributed by atoms with Crippen molar-refractivity contribution in [2.24, 2.45) is 10.9 Å². The molecule has 6 rings (SSSR count). The molecule has 5 heteroatoms. The molecule has 3 atom stereocenters. The van der Waals surface area contributed by atoms with Crippen LogP contribution >= 0.6 is 15.9 Å². The maximum Gasteiger partial charge on any atom is 0.175 e. The van der Waals surface area contributed by atoms with Crippen LogP contribution in [0.15, 0.2) is 107 Å². The highest BCUT2D eigenvalue weighted by Gasteiger charge is 2.37. The van der Waals surface area contributed by atoms with Gasteiger partial charge in [0, 0.05) is 17.8 Å². The SMILES string of the molecule is CCOc1cc(C=Nc2ccc([C@@H]3Nc4ccc(C)cc4[C@H]4C=CC[C@@H]43)cc2)cc(Br)c1OCc1ccccc1. The van der Waals surface area contributed by atoms with Gasteiger partial charge in [0.15, 0.2) is 11.5 Å². The summed E-state index contributed by atoms with van der Waals surface area (Å²) in [5.74, 6) is 2.39. The first-order valence-electron chi connectivity index (χ1n) is 13.9. The van der Waals surface area contributed by atoms with Crippen molar-refractivity contribution in [3.05, 3.63) is 129 Å². The largest absolute Gasteiger partial charge is 0.490 e. The van der Waals surface area contributed by atoms with Gasteiger partial charge in [0.1, 0.15) is 6.61 Å². The predicted octanol–water partition coefficient (Wildman–Crippen LogP) is 9.31. The quantitative estimate of drug-likeness (QED) is 0.164. The third-order valence-corrected chi connectivity index (χ3v) is 8.28. The van der Waals surface area contributed by atoms with Gasteiger partial charge in [-0.15, -0.1) is 0 Å². The Hall–Kier alpha value is -3.83. The molecule has 0 saturated heterocycles. The summed E-state index contributed by atoms with van der Waals surface area (Å²) in [6, 6.07) is 29.8. The van der Waals surface area contributed by atoms with Crippen LogP contribution < -0.4 is 14.8 Å². The summed E-state index contributed by atoms with van der Waals surface area (Å²) in [4.78, 5) is 4.77. The smallest absolute Gasteiger partial charge is 0.175 e. The average Bonchev–Trinajstić information content (AvgIpc) is 3.47. The Morgan fingerprint density at radius 1 is 0.975 bits per heavy atom. The highest BCUT2D eigenvalue weighted by Crippen LogP contribution is 2.50. The normalized spacial score (nSPS) is 19.2.